The van der Waals surface area contributed by atoms with E-state index in [0.29, 0.717) is 23.0 Å². The zero-order valence-corrected chi connectivity index (χ0v) is 27.5. The minimum Gasteiger partial charge on any atom is -0.265 e. The molecule has 0 saturated heterocycles. The predicted molar refractivity (Wildman–Crippen MR) is 191 cm³/mol. The van der Waals surface area contributed by atoms with E-state index in [2.05, 4.69) is 66.3 Å². The van der Waals surface area contributed by atoms with Crippen molar-refractivity contribution in [3.63, 3.8) is 0 Å². The molecule has 2 aliphatic rings. The molecule has 0 N–H and O–H groups in total. The first-order valence-corrected chi connectivity index (χ1v) is 17.2. The van der Waals surface area contributed by atoms with Gasteiger partial charge < -0.3 is 0 Å². The van der Waals surface area contributed by atoms with Crippen molar-refractivity contribution < 1.29 is 0 Å². The normalized spacial score (nSPS) is 21.9. The van der Waals surface area contributed by atoms with E-state index >= 15 is 0 Å². The Labute approximate surface area is 282 Å². The summed E-state index contributed by atoms with van der Waals surface area (Å²) in [7, 11) is 0. The zero-order chi connectivity index (χ0) is 32.7. The lowest BCUT2D eigenvalue weighted by Crippen LogP contribution is -2.42. The number of benzene rings is 3. The van der Waals surface area contributed by atoms with Crippen molar-refractivity contribution in [2.24, 2.45) is 17.8 Å². The zero-order valence-electron chi connectivity index (χ0n) is 27.5. The van der Waals surface area contributed by atoms with E-state index in [1.54, 1.807) is 24.8 Å². The summed E-state index contributed by atoms with van der Waals surface area (Å²) in [6.45, 7) is 4.82. The van der Waals surface area contributed by atoms with Gasteiger partial charge in [0.2, 0.25) is 0 Å². The molecule has 2 bridgehead atoms. The van der Waals surface area contributed by atoms with Crippen molar-refractivity contribution in [1.29, 1.82) is 5.26 Å². The fraction of sp³-hybridized carbons (Fsp3) is 0.286. The number of pyridine rings is 2. The Hall–Kier alpha value is -5.28. The Morgan fingerprint density at radius 3 is 2.00 bits per heavy atom. The maximum atomic E-state index is 10.2. The monoisotopic (exact) mass is 626 g/mol. The molecule has 0 spiro atoms. The number of fused-ring (bicyclic) bond motifs is 3. The first-order chi connectivity index (χ1) is 23.5. The topological polar surface area (TPSA) is 88.2 Å². The summed E-state index contributed by atoms with van der Waals surface area (Å²) in [5, 5.41) is 12.2. The van der Waals surface area contributed by atoms with Crippen molar-refractivity contribution in [2.45, 2.75) is 57.8 Å². The van der Waals surface area contributed by atoms with Gasteiger partial charge in [0.15, 0.2) is 17.5 Å². The molecule has 3 aromatic heterocycles. The summed E-state index contributed by atoms with van der Waals surface area (Å²) >= 11 is 0. The Morgan fingerprint density at radius 2 is 1.35 bits per heavy atom. The summed E-state index contributed by atoms with van der Waals surface area (Å²) in [5.41, 5.74) is 7.08. The van der Waals surface area contributed by atoms with Gasteiger partial charge >= 0.3 is 0 Å². The second-order valence-electron chi connectivity index (χ2n) is 14.0. The summed E-state index contributed by atoms with van der Waals surface area (Å²) in [6, 6.07) is 29.5. The van der Waals surface area contributed by atoms with Gasteiger partial charge in [-0.15, -0.1) is 0 Å². The Balaban J connectivity index is 1.25. The van der Waals surface area contributed by atoms with Gasteiger partial charge in [0, 0.05) is 41.5 Å². The first kappa shape index (κ1) is 30.1. The molecule has 48 heavy (non-hydrogen) atoms. The molecule has 4 atom stereocenters. The minimum absolute atomic E-state index is 0.279. The van der Waals surface area contributed by atoms with E-state index < -0.39 is 0 Å². The van der Waals surface area contributed by atoms with E-state index in [1.165, 1.54) is 44.1 Å². The highest BCUT2D eigenvalue weighted by atomic mass is 15.0. The highest BCUT2D eigenvalue weighted by Crippen LogP contribution is 2.55. The molecule has 1 unspecified atom stereocenters. The molecule has 2 saturated carbocycles. The molecular weight excluding hydrogens is 589 g/mol. The molecule has 3 aromatic carbocycles. The SMILES string of the molecule is CC[C@H]1C[C@H]2C[C@@H](C)CC(c3ccc(-c4cc(C#N)cc5c(-c6nc(-c7ccncc7)nc(-c7ccncc7)n6)cccc45)cc3)(C2)C1. The van der Waals surface area contributed by atoms with Crippen molar-refractivity contribution in [1.82, 2.24) is 24.9 Å². The number of hydrogen-bond donors (Lipinski definition) is 0. The van der Waals surface area contributed by atoms with E-state index in [-0.39, 0.29) is 5.41 Å². The third-order valence-electron chi connectivity index (χ3n) is 10.8. The van der Waals surface area contributed by atoms with E-state index in [1.807, 2.05) is 42.5 Å². The lowest BCUT2D eigenvalue weighted by Gasteiger charge is -2.51. The van der Waals surface area contributed by atoms with Gasteiger partial charge in [-0.25, -0.2) is 15.0 Å². The Bertz CT molecular complexity index is 2080. The van der Waals surface area contributed by atoms with Crippen molar-refractivity contribution in [3.8, 4) is 51.4 Å². The highest BCUT2D eigenvalue weighted by molar-refractivity contribution is 6.04. The predicted octanol–water partition coefficient (Wildman–Crippen LogP) is 9.85. The molecule has 8 rings (SSSR count). The second kappa shape index (κ2) is 12.4. The van der Waals surface area contributed by atoms with E-state index in [0.717, 1.165) is 56.3 Å². The van der Waals surface area contributed by atoms with E-state index in [9.17, 15) is 5.26 Å². The van der Waals surface area contributed by atoms with Crippen LogP contribution in [0.2, 0.25) is 0 Å². The maximum absolute atomic E-state index is 10.2. The molecule has 3 heterocycles. The fourth-order valence-corrected chi connectivity index (χ4v) is 8.80. The molecule has 2 aliphatic carbocycles. The third-order valence-corrected chi connectivity index (χ3v) is 10.8. The average molecular weight is 627 g/mol. The molecule has 6 heteroatoms. The van der Waals surface area contributed by atoms with Crippen molar-refractivity contribution in [2.75, 3.05) is 0 Å². The molecule has 0 amide bonds. The quantitative estimate of drug-likeness (QED) is 0.183. The summed E-state index contributed by atoms with van der Waals surface area (Å²) < 4.78 is 0. The molecular formula is C42H38N6. The van der Waals surface area contributed by atoms with Crippen LogP contribution in [-0.4, -0.2) is 24.9 Å². The third kappa shape index (κ3) is 5.54. The molecule has 6 nitrogen and oxygen atoms in total. The van der Waals surface area contributed by atoms with Gasteiger partial charge in [0.05, 0.1) is 11.6 Å². The van der Waals surface area contributed by atoms with Gasteiger partial charge in [0.25, 0.3) is 0 Å². The number of hydrogen-bond acceptors (Lipinski definition) is 6. The van der Waals surface area contributed by atoms with Gasteiger partial charge in [0.1, 0.15) is 0 Å². The summed E-state index contributed by atoms with van der Waals surface area (Å²) in [4.78, 5) is 23.1. The number of rotatable bonds is 6. The van der Waals surface area contributed by atoms with Crippen molar-refractivity contribution in [3.05, 3.63) is 115 Å². The summed E-state index contributed by atoms with van der Waals surface area (Å²) in [5.74, 6) is 4.10. The smallest absolute Gasteiger partial charge is 0.164 e. The molecule has 2 fully saturated rings. The second-order valence-corrected chi connectivity index (χ2v) is 14.0. The van der Waals surface area contributed by atoms with Crippen molar-refractivity contribution >= 4 is 10.8 Å². The lowest BCUT2D eigenvalue weighted by atomic mass is 9.54. The molecule has 0 radical (unpaired) electrons. The van der Waals surface area contributed by atoms with Crippen LogP contribution in [0.3, 0.4) is 0 Å². The molecule has 236 valence electrons. The fourth-order valence-electron chi connectivity index (χ4n) is 8.80. The molecule has 6 aromatic rings. The molecule has 0 aliphatic heterocycles. The van der Waals surface area contributed by atoms with Crippen LogP contribution in [0.25, 0.3) is 56.1 Å². The van der Waals surface area contributed by atoms with Crippen LogP contribution in [0, 0.1) is 29.1 Å². The first-order valence-electron chi connectivity index (χ1n) is 17.2. The van der Waals surface area contributed by atoms with Gasteiger partial charge in [-0.3, -0.25) is 9.97 Å². The van der Waals surface area contributed by atoms with Crippen LogP contribution in [0.15, 0.2) is 104 Å². The van der Waals surface area contributed by atoms with Crippen LogP contribution in [0.1, 0.15) is 63.5 Å². The van der Waals surface area contributed by atoms with Gasteiger partial charge in [-0.05, 0) is 119 Å². The van der Waals surface area contributed by atoms with E-state index in [4.69, 9.17) is 15.0 Å². The van der Waals surface area contributed by atoms with Crippen LogP contribution in [0.5, 0.6) is 0 Å². The largest absolute Gasteiger partial charge is 0.265 e. The highest BCUT2D eigenvalue weighted by Gasteiger charge is 2.45. The number of aromatic nitrogens is 5. The van der Waals surface area contributed by atoms with Crippen LogP contribution >= 0.6 is 0 Å². The van der Waals surface area contributed by atoms with Crippen LogP contribution < -0.4 is 0 Å². The average Bonchev–Trinajstić information content (AvgIpc) is 3.14. The van der Waals surface area contributed by atoms with Crippen LogP contribution in [0.4, 0.5) is 0 Å². The standard InChI is InChI=1S/C42H38N6/c1-3-28-20-29-19-27(2)23-42(24-28,25-29)34-9-7-31(8-10-34)37-21-30(26-43)22-38-35(37)5-4-6-36(38)41-47-39(32-11-15-44-16-12-32)46-40(48-41)33-13-17-45-18-14-33/h4-18,21-22,27-29H,3,19-20,23-25H2,1-2H3/t27-,28+,29-,42?/m1/s1. The summed E-state index contributed by atoms with van der Waals surface area (Å²) in [6.07, 6.45) is 14.9. The van der Waals surface area contributed by atoms with Gasteiger partial charge in [-0.1, -0.05) is 62.7 Å². The lowest BCUT2D eigenvalue weighted by molar-refractivity contribution is 0.0702. The Morgan fingerprint density at radius 1 is 0.688 bits per heavy atom. The van der Waals surface area contributed by atoms with Gasteiger partial charge in [-0.2, -0.15) is 5.26 Å². The maximum Gasteiger partial charge on any atom is 0.164 e. The Kier molecular flexibility index (Phi) is 7.76. The number of nitrogens with zero attached hydrogens (tertiary/aromatic N) is 6. The van der Waals surface area contributed by atoms with Crippen LogP contribution in [-0.2, 0) is 5.41 Å². The minimum atomic E-state index is 0.279. The number of nitriles is 1.